The number of aromatic nitrogens is 1. The number of carbonyl (C=O) groups is 2. The third-order valence-electron chi connectivity index (χ3n) is 3.84. The smallest absolute Gasteiger partial charge is 0.303 e. The van der Waals surface area contributed by atoms with Crippen molar-refractivity contribution in [3.05, 3.63) is 48.0 Å². The number of hydrogen-bond donors (Lipinski definition) is 0. The summed E-state index contributed by atoms with van der Waals surface area (Å²) in [5.74, 6) is -0.177. The molecule has 4 nitrogen and oxygen atoms in total. The molecular formula is C18H16ClNO3. The molecule has 0 spiro atoms. The van der Waals surface area contributed by atoms with Crippen LogP contribution in [0.5, 0.6) is 0 Å². The average molecular weight is 330 g/mol. The van der Waals surface area contributed by atoms with E-state index in [1.165, 1.54) is 6.92 Å². The van der Waals surface area contributed by atoms with Crippen molar-refractivity contribution in [2.45, 2.75) is 19.6 Å². The summed E-state index contributed by atoms with van der Waals surface area (Å²) in [7, 11) is 0. The summed E-state index contributed by atoms with van der Waals surface area (Å²) in [6.45, 7) is 1.76. The molecule has 0 amide bonds. The number of halogens is 1. The van der Waals surface area contributed by atoms with Crippen LogP contribution in [0.25, 0.3) is 21.8 Å². The van der Waals surface area contributed by atoms with Gasteiger partial charge in [-0.1, -0.05) is 30.3 Å². The number of nitrogens with zero attached hydrogens (tertiary/aromatic N) is 1. The van der Waals surface area contributed by atoms with Crippen molar-refractivity contribution in [2.75, 3.05) is 5.88 Å². The van der Waals surface area contributed by atoms with Gasteiger partial charge in [0, 0.05) is 28.8 Å². The summed E-state index contributed by atoms with van der Waals surface area (Å²) in [4.78, 5) is 22.7. The molecule has 23 heavy (non-hydrogen) atoms. The van der Waals surface area contributed by atoms with E-state index >= 15 is 0 Å². The molecule has 0 N–H and O–H groups in total. The molecule has 2 aromatic carbocycles. The zero-order chi connectivity index (χ0) is 16.4. The first kappa shape index (κ1) is 15.6. The molecule has 0 saturated carbocycles. The fourth-order valence-electron chi connectivity index (χ4n) is 2.98. The van der Waals surface area contributed by atoms with Crippen molar-refractivity contribution in [3.8, 4) is 0 Å². The summed E-state index contributed by atoms with van der Waals surface area (Å²) in [5.41, 5.74) is 2.43. The third kappa shape index (κ3) is 2.82. The molecule has 0 saturated heterocycles. The second-order valence-corrected chi connectivity index (χ2v) is 5.68. The van der Waals surface area contributed by atoms with E-state index in [1.807, 2.05) is 41.0 Å². The van der Waals surface area contributed by atoms with Crippen LogP contribution in [0.1, 0.15) is 17.3 Å². The maximum absolute atomic E-state index is 11.5. The number of rotatable bonds is 5. The van der Waals surface area contributed by atoms with Gasteiger partial charge >= 0.3 is 5.97 Å². The normalized spacial score (nSPS) is 12.4. The zero-order valence-electron chi connectivity index (χ0n) is 12.7. The van der Waals surface area contributed by atoms with Crippen molar-refractivity contribution in [2.24, 2.45) is 0 Å². The lowest BCUT2D eigenvalue weighted by atomic mass is 10.1. The molecule has 0 bridgehead atoms. The van der Waals surface area contributed by atoms with Gasteiger partial charge in [0.25, 0.3) is 0 Å². The molecule has 1 aromatic heterocycles. The van der Waals surface area contributed by atoms with Gasteiger partial charge in [-0.2, -0.15) is 0 Å². The molecule has 0 aliphatic rings. The van der Waals surface area contributed by atoms with Crippen molar-refractivity contribution in [1.82, 2.24) is 4.57 Å². The lowest BCUT2D eigenvalue weighted by Gasteiger charge is -2.17. The highest BCUT2D eigenvalue weighted by Gasteiger charge is 2.18. The highest BCUT2D eigenvalue weighted by atomic mass is 35.5. The number of fused-ring (bicyclic) bond motifs is 3. The van der Waals surface area contributed by atoms with Crippen LogP contribution < -0.4 is 0 Å². The Kier molecular flexibility index (Phi) is 4.35. The Morgan fingerprint density at radius 1 is 1.22 bits per heavy atom. The summed E-state index contributed by atoms with van der Waals surface area (Å²) >= 11 is 5.94. The molecule has 1 heterocycles. The summed E-state index contributed by atoms with van der Waals surface area (Å²) in [6.07, 6.45) is 0.395. The van der Waals surface area contributed by atoms with Crippen molar-refractivity contribution in [1.29, 1.82) is 0 Å². The Morgan fingerprint density at radius 3 is 2.65 bits per heavy atom. The molecular weight excluding hydrogens is 314 g/mol. The van der Waals surface area contributed by atoms with Crippen LogP contribution in [-0.2, 0) is 16.1 Å². The van der Waals surface area contributed by atoms with E-state index < -0.39 is 6.10 Å². The summed E-state index contributed by atoms with van der Waals surface area (Å²) in [6, 6.07) is 13.6. The van der Waals surface area contributed by atoms with E-state index in [1.54, 1.807) is 6.07 Å². The SMILES string of the molecule is CC(=O)OC(CCl)Cn1c2ccccc2c2cccc(C=O)c21. The molecule has 0 aliphatic carbocycles. The molecule has 5 heteroatoms. The van der Waals surface area contributed by atoms with Crippen LogP contribution in [0.2, 0.25) is 0 Å². The van der Waals surface area contributed by atoms with Crippen LogP contribution >= 0.6 is 11.6 Å². The van der Waals surface area contributed by atoms with Crippen molar-refractivity contribution < 1.29 is 14.3 Å². The van der Waals surface area contributed by atoms with Crippen LogP contribution in [0, 0.1) is 0 Å². The Balaban J connectivity index is 2.23. The van der Waals surface area contributed by atoms with E-state index in [0.717, 1.165) is 28.1 Å². The van der Waals surface area contributed by atoms with E-state index in [-0.39, 0.29) is 11.8 Å². The number of aldehydes is 1. The highest BCUT2D eigenvalue weighted by Crippen LogP contribution is 2.31. The van der Waals surface area contributed by atoms with Gasteiger partial charge in [-0.3, -0.25) is 9.59 Å². The van der Waals surface area contributed by atoms with Gasteiger partial charge in [0.05, 0.1) is 17.9 Å². The molecule has 118 valence electrons. The van der Waals surface area contributed by atoms with Crippen LogP contribution in [0.4, 0.5) is 0 Å². The van der Waals surface area contributed by atoms with Crippen LogP contribution in [-0.4, -0.2) is 28.8 Å². The first-order chi connectivity index (χ1) is 11.2. The highest BCUT2D eigenvalue weighted by molar-refractivity contribution is 6.18. The van der Waals surface area contributed by atoms with E-state index in [0.29, 0.717) is 12.1 Å². The number of ether oxygens (including phenoxy) is 1. The van der Waals surface area contributed by atoms with Gasteiger partial charge < -0.3 is 9.30 Å². The summed E-state index contributed by atoms with van der Waals surface area (Å²) < 4.78 is 7.27. The second kappa shape index (κ2) is 6.42. The maximum atomic E-state index is 11.5. The Morgan fingerprint density at radius 2 is 1.96 bits per heavy atom. The average Bonchev–Trinajstić information content (AvgIpc) is 2.88. The van der Waals surface area contributed by atoms with Gasteiger partial charge in [-0.05, 0) is 12.1 Å². The predicted molar refractivity (Wildman–Crippen MR) is 91.1 cm³/mol. The van der Waals surface area contributed by atoms with Gasteiger partial charge in [0.1, 0.15) is 6.10 Å². The quantitative estimate of drug-likeness (QED) is 0.406. The Labute approximate surface area is 138 Å². The van der Waals surface area contributed by atoms with Gasteiger partial charge in [-0.15, -0.1) is 11.6 Å². The minimum atomic E-state index is -0.451. The third-order valence-corrected chi connectivity index (χ3v) is 4.18. The number of carbonyl (C=O) groups excluding carboxylic acids is 2. The number of para-hydroxylation sites is 2. The van der Waals surface area contributed by atoms with E-state index in [4.69, 9.17) is 16.3 Å². The largest absolute Gasteiger partial charge is 0.459 e. The predicted octanol–water partition coefficient (Wildman–Crippen LogP) is 3.78. The molecule has 3 aromatic rings. The number of hydrogen-bond acceptors (Lipinski definition) is 3. The Bertz CT molecular complexity index is 884. The number of esters is 1. The van der Waals surface area contributed by atoms with Gasteiger partial charge in [-0.25, -0.2) is 0 Å². The van der Waals surface area contributed by atoms with E-state index in [9.17, 15) is 9.59 Å². The molecule has 0 fully saturated rings. The second-order valence-electron chi connectivity index (χ2n) is 5.37. The summed E-state index contributed by atoms with van der Waals surface area (Å²) in [5, 5.41) is 2.06. The zero-order valence-corrected chi connectivity index (χ0v) is 13.4. The van der Waals surface area contributed by atoms with Crippen molar-refractivity contribution >= 4 is 45.7 Å². The minimum absolute atomic E-state index is 0.191. The maximum Gasteiger partial charge on any atom is 0.303 e. The Hall–Kier alpha value is -2.33. The first-order valence-electron chi connectivity index (χ1n) is 7.34. The lowest BCUT2D eigenvalue weighted by Crippen LogP contribution is -2.24. The standard InChI is InChI=1S/C18H16ClNO3/c1-12(22)23-14(9-19)10-20-17-8-3-2-6-15(17)16-7-4-5-13(11-21)18(16)20/h2-8,11,14H,9-10H2,1H3. The molecule has 0 aliphatic heterocycles. The molecule has 0 radical (unpaired) electrons. The van der Waals surface area contributed by atoms with Crippen LogP contribution in [0.3, 0.4) is 0 Å². The molecule has 3 rings (SSSR count). The molecule has 1 atom stereocenters. The van der Waals surface area contributed by atoms with Crippen LogP contribution in [0.15, 0.2) is 42.5 Å². The minimum Gasteiger partial charge on any atom is -0.459 e. The fourth-order valence-corrected chi connectivity index (χ4v) is 3.14. The van der Waals surface area contributed by atoms with Gasteiger partial charge in [0.2, 0.25) is 0 Å². The fraction of sp³-hybridized carbons (Fsp3) is 0.222. The topological polar surface area (TPSA) is 48.3 Å². The monoisotopic (exact) mass is 329 g/mol. The number of benzene rings is 2. The first-order valence-corrected chi connectivity index (χ1v) is 7.87. The van der Waals surface area contributed by atoms with E-state index in [2.05, 4.69) is 0 Å². The van der Waals surface area contributed by atoms with Crippen molar-refractivity contribution in [3.63, 3.8) is 0 Å². The van der Waals surface area contributed by atoms with Gasteiger partial charge in [0.15, 0.2) is 6.29 Å². The number of alkyl halides is 1. The lowest BCUT2D eigenvalue weighted by molar-refractivity contribution is -0.145. The molecule has 1 unspecified atom stereocenters.